The van der Waals surface area contributed by atoms with Crippen LogP contribution in [0.1, 0.15) is 50.5 Å². The first-order valence-electron chi connectivity index (χ1n) is 10.2. The summed E-state index contributed by atoms with van der Waals surface area (Å²) >= 11 is 1.59. The lowest BCUT2D eigenvalue weighted by Gasteiger charge is -2.26. The number of carbonyl (C=O) groups excluding carboxylic acids is 2. The Hall–Kier alpha value is -2.47. The van der Waals surface area contributed by atoms with E-state index in [0.717, 1.165) is 36.2 Å². The summed E-state index contributed by atoms with van der Waals surface area (Å²) in [5.74, 6) is 1.21. The third-order valence-corrected chi connectivity index (χ3v) is 5.97. The summed E-state index contributed by atoms with van der Waals surface area (Å²) in [5.41, 5.74) is 2.53. The summed E-state index contributed by atoms with van der Waals surface area (Å²) in [4.78, 5) is 26.7. The molecule has 0 aromatic heterocycles. The largest absolute Gasteiger partial charge is 0.492 e. The van der Waals surface area contributed by atoms with E-state index in [1.165, 1.54) is 0 Å². The molecule has 2 aromatic rings. The first-order chi connectivity index (χ1) is 14.1. The molecule has 1 aliphatic rings. The zero-order valence-corrected chi connectivity index (χ0v) is 17.8. The molecule has 6 heteroatoms. The molecule has 1 N–H and O–H groups in total. The molecule has 1 aliphatic heterocycles. The molecule has 0 unspecified atom stereocenters. The SMILES string of the molecule is CCCCCC(=O)Nc1cccc([C@H]2SCC(=O)N2c2ccccc2OCC)c1. The third kappa shape index (κ3) is 5.32. The van der Waals surface area contributed by atoms with Gasteiger partial charge in [-0.1, -0.05) is 44.0 Å². The van der Waals surface area contributed by atoms with Gasteiger partial charge < -0.3 is 10.1 Å². The molecule has 0 radical (unpaired) electrons. The first kappa shape index (κ1) is 21.2. The van der Waals surface area contributed by atoms with Crippen molar-refractivity contribution in [2.45, 2.75) is 44.9 Å². The number of benzene rings is 2. The van der Waals surface area contributed by atoms with Gasteiger partial charge in [-0.2, -0.15) is 0 Å². The van der Waals surface area contributed by atoms with Gasteiger partial charge >= 0.3 is 0 Å². The van der Waals surface area contributed by atoms with Gasteiger partial charge in [0.05, 0.1) is 18.0 Å². The number of thioether (sulfide) groups is 1. The highest BCUT2D eigenvalue weighted by molar-refractivity contribution is 8.00. The fraction of sp³-hybridized carbons (Fsp3) is 0.391. The number of rotatable bonds is 9. The molecule has 154 valence electrons. The molecule has 1 heterocycles. The average molecular weight is 413 g/mol. The van der Waals surface area contributed by atoms with Crippen molar-refractivity contribution < 1.29 is 14.3 Å². The lowest BCUT2D eigenvalue weighted by molar-refractivity contribution is -0.117. The van der Waals surface area contributed by atoms with Crippen LogP contribution in [0.2, 0.25) is 0 Å². The van der Waals surface area contributed by atoms with Gasteiger partial charge in [-0.15, -0.1) is 11.8 Å². The van der Waals surface area contributed by atoms with Gasteiger partial charge in [0.25, 0.3) is 0 Å². The van der Waals surface area contributed by atoms with Crippen molar-refractivity contribution in [2.75, 3.05) is 22.6 Å². The van der Waals surface area contributed by atoms with Crippen LogP contribution in [0.15, 0.2) is 48.5 Å². The summed E-state index contributed by atoms with van der Waals surface area (Å²) in [6, 6.07) is 15.4. The molecular weight excluding hydrogens is 384 g/mol. The number of anilines is 2. The van der Waals surface area contributed by atoms with Crippen LogP contribution >= 0.6 is 11.8 Å². The highest BCUT2D eigenvalue weighted by Crippen LogP contribution is 2.45. The molecule has 2 aromatic carbocycles. The highest BCUT2D eigenvalue weighted by atomic mass is 32.2. The van der Waals surface area contributed by atoms with Gasteiger partial charge in [0, 0.05) is 12.1 Å². The second-order valence-electron chi connectivity index (χ2n) is 6.96. The number of ether oxygens (including phenoxy) is 1. The molecular formula is C23H28N2O3S. The van der Waals surface area contributed by atoms with Gasteiger partial charge in [-0.05, 0) is 43.2 Å². The maximum absolute atomic E-state index is 12.7. The lowest BCUT2D eigenvalue weighted by atomic mass is 10.1. The summed E-state index contributed by atoms with van der Waals surface area (Å²) in [7, 11) is 0. The number of amides is 2. The molecule has 1 atom stereocenters. The highest BCUT2D eigenvalue weighted by Gasteiger charge is 2.35. The number of nitrogens with zero attached hydrogens (tertiary/aromatic N) is 1. The maximum atomic E-state index is 12.7. The standard InChI is InChI=1S/C23H28N2O3S/c1-3-5-6-14-21(26)24-18-11-9-10-17(15-18)23-25(22(27)16-29-23)19-12-7-8-13-20(19)28-4-2/h7-13,15,23H,3-6,14,16H2,1-2H3,(H,24,26)/t23-/m1/s1. The monoisotopic (exact) mass is 412 g/mol. The second-order valence-corrected chi connectivity index (χ2v) is 8.03. The number of carbonyl (C=O) groups is 2. The van der Waals surface area contributed by atoms with E-state index in [1.54, 1.807) is 16.7 Å². The van der Waals surface area contributed by atoms with Crippen molar-refractivity contribution in [2.24, 2.45) is 0 Å². The van der Waals surface area contributed by atoms with E-state index in [9.17, 15) is 9.59 Å². The minimum absolute atomic E-state index is 0.0318. The zero-order valence-electron chi connectivity index (χ0n) is 17.0. The molecule has 0 aliphatic carbocycles. The van der Waals surface area contributed by atoms with Crippen LogP contribution in [0.5, 0.6) is 5.75 Å². The smallest absolute Gasteiger partial charge is 0.238 e. The van der Waals surface area contributed by atoms with E-state index in [2.05, 4.69) is 12.2 Å². The zero-order chi connectivity index (χ0) is 20.6. The number of nitrogens with one attached hydrogen (secondary N) is 1. The number of unbranched alkanes of at least 4 members (excludes halogenated alkanes) is 2. The molecule has 3 rings (SSSR count). The molecule has 0 saturated carbocycles. The summed E-state index contributed by atoms with van der Waals surface area (Å²) in [5, 5.41) is 2.83. The van der Waals surface area contributed by atoms with Gasteiger partial charge in [0.15, 0.2) is 0 Å². The Kier molecular flexibility index (Phi) is 7.58. The van der Waals surface area contributed by atoms with Crippen LogP contribution in [0.25, 0.3) is 0 Å². The van der Waals surface area contributed by atoms with E-state index >= 15 is 0 Å². The van der Waals surface area contributed by atoms with Crippen LogP contribution in [0.4, 0.5) is 11.4 Å². The summed E-state index contributed by atoms with van der Waals surface area (Å²) in [6.45, 7) is 4.59. The topological polar surface area (TPSA) is 58.6 Å². The molecule has 1 fully saturated rings. The lowest BCUT2D eigenvalue weighted by Crippen LogP contribution is -2.28. The van der Waals surface area contributed by atoms with E-state index < -0.39 is 0 Å². The van der Waals surface area contributed by atoms with Crippen molar-refractivity contribution in [3.05, 3.63) is 54.1 Å². The summed E-state index contributed by atoms with van der Waals surface area (Å²) in [6.07, 6.45) is 3.58. The van der Waals surface area contributed by atoms with Crippen molar-refractivity contribution in [3.8, 4) is 5.75 Å². The Bertz CT molecular complexity index is 856. The van der Waals surface area contributed by atoms with Gasteiger partial charge in [-0.25, -0.2) is 0 Å². The predicted octanol–water partition coefficient (Wildman–Crippen LogP) is 5.38. The van der Waals surface area contributed by atoms with Crippen LogP contribution in [-0.4, -0.2) is 24.2 Å². The van der Waals surface area contributed by atoms with E-state index in [0.29, 0.717) is 24.5 Å². The maximum Gasteiger partial charge on any atom is 0.238 e. The van der Waals surface area contributed by atoms with Crippen LogP contribution < -0.4 is 15.0 Å². The second kappa shape index (κ2) is 10.3. The van der Waals surface area contributed by atoms with Crippen molar-refractivity contribution in [1.82, 2.24) is 0 Å². The predicted molar refractivity (Wildman–Crippen MR) is 120 cm³/mol. The fourth-order valence-corrected chi connectivity index (χ4v) is 4.55. The Balaban J connectivity index is 1.81. The van der Waals surface area contributed by atoms with Gasteiger partial charge in [-0.3, -0.25) is 14.5 Å². The Morgan fingerprint density at radius 3 is 2.79 bits per heavy atom. The van der Waals surface area contributed by atoms with Crippen LogP contribution in [-0.2, 0) is 9.59 Å². The fourth-order valence-electron chi connectivity index (χ4n) is 3.39. The van der Waals surface area contributed by atoms with E-state index in [4.69, 9.17) is 4.74 Å². The van der Waals surface area contributed by atoms with Gasteiger partial charge in [0.1, 0.15) is 11.1 Å². The molecule has 1 saturated heterocycles. The minimum Gasteiger partial charge on any atom is -0.492 e. The summed E-state index contributed by atoms with van der Waals surface area (Å²) < 4.78 is 5.74. The number of hydrogen-bond donors (Lipinski definition) is 1. The van der Waals surface area contributed by atoms with Crippen molar-refractivity contribution >= 4 is 35.0 Å². The Morgan fingerprint density at radius 1 is 1.17 bits per heavy atom. The van der Waals surface area contributed by atoms with Crippen molar-refractivity contribution in [1.29, 1.82) is 0 Å². The molecule has 0 bridgehead atoms. The van der Waals surface area contributed by atoms with Crippen molar-refractivity contribution in [3.63, 3.8) is 0 Å². The first-order valence-corrected chi connectivity index (χ1v) is 11.2. The minimum atomic E-state index is -0.152. The average Bonchev–Trinajstić information content (AvgIpc) is 3.10. The van der Waals surface area contributed by atoms with E-state index in [1.807, 2.05) is 55.5 Å². The van der Waals surface area contributed by atoms with Crippen LogP contribution in [0, 0.1) is 0 Å². The molecule has 5 nitrogen and oxygen atoms in total. The van der Waals surface area contributed by atoms with Crippen LogP contribution in [0.3, 0.4) is 0 Å². The normalized spacial score (nSPS) is 16.1. The Morgan fingerprint density at radius 2 is 2.00 bits per heavy atom. The Labute approximate surface area is 176 Å². The molecule has 2 amide bonds. The molecule has 0 spiro atoms. The number of para-hydroxylation sites is 2. The molecule has 29 heavy (non-hydrogen) atoms. The third-order valence-electron chi connectivity index (χ3n) is 4.76. The quantitative estimate of drug-likeness (QED) is 0.562. The van der Waals surface area contributed by atoms with E-state index in [-0.39, 0.29) is 17.2 Å². The van der Waals surface area contributed by atoms with Gasteiger partial charge in [0.2, 0.25) is 11.8 Å². The number of hydrogen-bond acceptors (Lipinski definition) is 4.